The number of hydrogen-bond donors (Lipinski definition) is 2. The number of nitrogens with zero attached hydrogens (tertiary/aromatic N) is 2. The Morgan fingerprint density at radius 1 is 1.41 bits per heavy atom. The van der Waals surface area contributed by atoms with Crippen LogP contribution in [0.25, 0.3) is 0 Å². The van der Waals surface area contributed by atoms with Crippen LogP contribution >= 0.6 is 0 Å². The van der Waals surface area contributed by atoms with Crippen molar-refractivity contribution in [2.24, 2.45) is 5.84 Å². The Balaban J connectivity index is 2.11. The second-order valence-corrected chi connectivity index (χ2v) is 3.45. The average molecular weight is 230 g/mol. The molecule has 2 rings (SSSR count). The van der Waals surface area contributed by atoms with Gasteiger partial charge in [-0.2, -0.15) is 0 Å². The van der Waals surface area contributed by atoms with Crippen LogP contribution in [-0.4, -0.2) is 10.1 Å². The van der Waals surface area contributed by atoms with Gasteiger partial charge >= 0.3 is 6.01 Å². The summed E-state index contributed by atoms with van der Waals surface area (Å²) in [5.41, 5.74) is 3.86. The van der Waals surface area contributed by atoms with Crippen molar-refractivity contribution in [1.82, 2.24) is 10.1 Å². The summed E-state index contributed by atoms with van der Waals surface area (Å²) in [6.07, 6.45) is 4.76. The third-order valence-electron chi connectivity index (χ3n) is 2.32. The van der Waals surface area contributed by atoms with E-state index in [1.54, 1.807) is 12.3 Å². The van der Waals surface area contributed by atoms with Crippen molar-refractivity contribution >= 4 is 6.01 Å². The number of nitrogens with one attached hydrogen (secondary N) is 1. The van der Waals surface area contributed by atoms with E-state index in [1.165, 1.54) is 11.4 Å². The average Bonchev–Trinajstić information content (AvgIpc) is 2.84. The zero-order valence-electron chi connectivity index (χ0n) is 9.28. The molecule has 0 saturated heterocycles. The molecule has 0 radical (unpaired) electrons. The van der Waals surface area contributed by atoms with Gasteiger partial charge in [0.15, 0.2) is 0 Å². The van der Waals surface area contributed by atoms with Crippen LogP contribution in [0.4, 0.5) is 6.01 Å². The maximum absolute atomic E-state index is 5.90. The lowest BCUT2D eigenvalue weighted by Gasteiger charge is -2.24. The Bertz CT molecular complexity index is 455. The number of oxazole rings is 1. The number of rotatable bonds is 5. The molecule has 2 aromatic rings. The minimum Gasteiger partial charge on any atom is -0.431 e. The molecule has 1 aromatic carbocycles. The van der Waals surface area contributed by atoms with E-state index in [0.717, 1.165) is 5.56 Å². The summed E-state index contributed by atoms with van der Waals surface area (Å²) >= 11 is 0. The van der Waals surface area contributed by atoms with Gasteiger partial charge in [-0.25, -0.2) is 10.8 Å². The maximum atomic E-state index is 5.90. The molecule has 0 aliphatic heterocycles. The highest BCUT2D eigenvalue weighted by Crippen LogP contribution is 2.19. The number of hydrazine groups is 2. The molecule has 0 aliphatic carbocycles. The first kappa shape index (κ1) is 11.4. The number of hydrogen-bond acceptors (Lipinski definition) is 5. The summed E-state index contributed by atoms with van der Waals surface area (Å²) in [4.78, 5) is 3.93. The van der Waals surface area contributed by atoms with Crippen molar-refractivity contribution in [1.29, 1.82) is 0 Å². The summed E-state index contributed by atoms with van der Waals surface area (Å²) < 4.78 is 5.06. The van der Waals surface area contributed by atoms with Gasteiger partial charge in [-0.1, -0.05) is 36.4 Å². The van der Waals surface area contributed by atoms with Crippen molar-refractivity contribution in [2.75, 3.05) is 5.43 Å². The second-order valence-electron chi connectivity index (χ2n) is 3.45. The second kappa shape index (κ2) is 5.29. The predicted octanol–water partition coefficient (Wildman–Crippen LogP) is 2.10. The minimum absolute atomic E-state index is 0.164. The van der Waals surface area contributed by atoms with Gasteiger partial charge in [-0.05, 0) is 5.56 Å². The van der Waals surface area contributed by atoms with Gasteiger partial charge in [0.2, 0.25) is 0 Å². The molecule has 1 aromatic heterocycles. The Kier molecular flexibility index (Phi) is 3.54. The number of aromatic nitrogens is 1. The lowest BCUT2D eigenvalue weighted by atomic mass is 10.1. The van der Waals surface area contributed by atoms with E-state index in [0.29, 0.717) is 6.01 Å². The van der Waals surface area contributed by atoms with Crippen LogP contribution in [0.5, 0.6) is 0 Å². The van der Waals surface area contributed by atoms with Crippen LogP contribution in [0.1, 0.15) is 11.6 Å². The number of benzene rings is 1. The molecule has 0 saturated carbocycles. The van der Waals surface area contributed by atoms with Gasteiger partial charge < -0.3 is 4.42 Å². The van der Waals surface area contributed by atoms with Crippen molar-refractivity contribution in [2.45, 2.75) is 6.04 Å². The fraction of sp³-hybridized carbons (Fsp3) is 0.0833. The first-order chi connectivity index (χ1) is 8.31. The topological polar surface area (TPSA) is 67.3 Å². The van der Waals surface area contributed by atoms with E-state index in [2.05, 4.69) is 17.0 Å². The van der Waals surface area contributed by atoms with E-state index >= 15 is 0 Å². The number of nitrogens with two attached hydrogens (primary N) is 1. The summed E-state index contributed by atoms with van der Waals surface area (Å²) in [5, 5.41) is 1.40. The van der Waals surface area contributed by atoms with Gasteiger partial charge in [0, 0.05) is 0 Å². The van der Waals surface area contributed by atoms with Crippen LogP contribution in [0, 0.1) is 0 Å². The maximum Gasteiger partial charge on any atom is 0.310 e. The quantitative estimate of drug-likeness (QED) is 0.468. The van der Waals surface area contributed by atoms with E-state index in [1.807, 2.05) is 30.3 Å². The van der Waals surface area contributed by atoms with Gasteiger partial charge in [-0.3, -0.25) is 5.43 Å². The summed E-state index contributed by atoms with van der Waals surface area (Å²) in [7, 11) is 0. The van der Waals surface area contributed by atoms with E-state index in [9.17, 15) is 0 Å². The lowest BCUT2D eigenvalue weighted by Crippen LogP contribution is -2.39. The fourth-order valence-corrected chi connectivity index (χ4v) is 1.52. The first-order valence-corrected chi connectivity index (χ1v) is 5.19. The van der Waals surface area contributed by atoms with Crippen molar-refractivity contribution in [3.05, 3.63) is 61.0 Å². The minimum atomic E-state index is -0.164. The molecule has 0 bridgehead atoms. The molecule has 0 fully saturated rings. The molecule has 1 heterocycles. The SMILES string of the molecule is C=CC(c1ccccc1)N(N)Nc1ncco1. The largest absolute Gasteiger partial charge is 0.431 e. The van der Waals surface area contributed by atoms with E-state index in [4.69, 9.17) is 10.3 Å². The van der Waals surface area contributed by atoms with Gasteiger partial charge in [0.25, 0.3) is 0 Å². The smallest absolute Gasteiger partial charge is 0.310 e. The van der Waals surface area contributed by atoms with Gasteiger partial charge in [0.1, 0.15) is 6.26 Å². The van der Waals surface area contributed by atoms with Crippen molar-refractivity contribution < 1.29 is 4.42 Å². The summed E-state index contributed by atoms with van der Waals surface area (Å²) in [6.45, 7) is 3.78. The number of anilines is 1. The predicted molar refractivity (Wildman–Crippen MR) is 65.5 cm³/mol. The van der Waals surface area contributed by atoms with Crippen molar-refractivity contribution in [3.8, 4) is 0 Å². The van der Waals surface area contributed by atoms with Gasteiger partial charge in [-0.15, -0.1) is 11.7 Å². The third-order valence-corrected chi connectivity index (χ3v) is 2.32. The van der Waals surface area contributed by atoms with E-state index in [-0.39, 0.29) is 6.04 Å². The standard InChI is InChI=1S/C12H14N4O/c1-2-11(10-6-4-3-5-7-10)16(13)15-12-14-8-9-17-12/h2-9,11H,1,13H2,(H,14,15). The monoisotopic (exact) mass is 230 g/mol. The van der Waals surface area contributed by atoms with Crippen LogP contribution < -0.4 is 11.3 Å². The Labute approximate surface area is 99.5 Å². The van der Waals surface area contributed by atoms with Crippen molar-refractivity contribution in [3.63, 3.8) is 0 Å². The fourth-order valence-electron chi connectivity index (χ4n) is 1.52. The molecule has 5 heteroatoms. The molecular formula is C12H14N4O. The highest BCUT2D eigenvalue weighted by Gasteiger charge is 2.14. The van der Waals surface area contributed by atoms with Crippen LogP contribution in [-0.2, 0) is 0 Å². The highest BCUT2D eigenvalue weighted by atomic mass is 16.4. The first-order valence-electron chi connectivity index (χ1n) is 5.19. The molecule has 5 nitrogen and oxygen atoms in total. The molecule has 0 amide bonds. The van der Waals surface area contributed by atoms with Crippen LogP contribution in [0.2, 0.25) is 0 Å². The molecule has 0 aliphatic rings. The highest BCUT2D eigenvalue weighted by molar-refractivity contribution is 5.24. The summed E-state index contributed by atoms with van der Waals surface area (Å²) in [6, 6.07) is 9.98. The van der Waals surface area contributed by atoms with E-state index < -0.39 is 0 Å². The normalized spacial score (nSPS) is 12.4. The Morgan fingerprint density at radius 3 is 2.76 bits per heavy atom. The molecule has 0 spiro atoms. The molecule has 1 atom stereocenters. The molecule has 88 valence electrons. The molecule has 1 unspecified atom stereocenters. The summed E-state index contributed by atoms with van der Waals surface area (Å²) in [5.74, 6) is 5.90. The van der Waals surface area contributed by atoms with Crippen LogP contribution in [0.15, 0.2) is 59.9 Å². The molecule has 17 heavy (non-hydrogen) atoms. The van der Waals surface area contributed by atoms with Gasteiger partial charge in [0.05, 0.1) is 12.2 Å². The third kappa shape index (κ3) is 2.72. The zero-order valence-corrected chi connectivity index (χ0v) is 9.28. The Hall–Kier alpha value is -2.11. The lowest BCUT2D eigenvalue weighted by molar-refractivity contribution is 0.280. The molecule has 3 N–H and O–H groups in total. The van der Waals surface area contributed by atoms with Crippen LogP contribution in [0.3, 0.4) is 0 Å². The zero-order chi connectivity index (χ0) is 12.1. The molecular weight excluding hydrogens is 216 g/mol. The Morgan fingerprint density at radius 2 is 2.18 bits per heavy atom.